The zero-order valence-corrected chi connectivity index (χ0v) is 16.2. The molecule has 30 heavy (non-hydrogen) atoms. The van der Waals surface area contributed by atoms with E-state index in [4.69, 9.17) is 9.15 Å². The number of nitrogens with zero attached hydrogens (tertiary/aromatic N) is 1. The Labute approximate surface area is 172 Å². The zero-order chi connectivity index (χ0) is 20.9. The number of hydrogen-bond acceptors (Lipinski definition) is 5. The molecule has 0 atom stereocenters. The summed E-state index contributed by atoms with van der Waals surface area (Å²) in [5, 5.41) is 3.33. The summed E-state index contributed by atoms with van der Waals surface area (Å²) in [6.07, 6.45) is 2.85. The second kappa shape index (κ2) is 8.45. The van der Waals surface area contributed by atoms with Gasteiger partial charge in [-0.1, -0.05) is 24.3 Å². The maximum atomic E-state index is 12.5. The van der Waals surface area contributed by atoms with Gasteiger partial charge >= 0.3 is 0 Å². The van der Waals surface area contributed by atoms with E-state index in [1.165, 1.54) is 12.5 Å². The van der Waals surface area contributed by atoms with Gasteiger partial charge in [-0.25, -0.2) is 0 Å². The van der Waals surface area contributed by atoms with E-state index in [0.717, 1.165) is 0 Å². The number of para-hydroxylation sites is 3. The Hall–Kier alpha value is -4.19. The predicted molar refractivity (Wildman–Crippen MR) is 117 cm³/mol. The Morgan fingerprint density at radius 3 is 2.53 bits per heavy atom. The molecule has 0 saturated heterocycles. The minimum atomic E-state index is -0.259. The van der Waals surface area contributed by atoms with Gasteiger partial charge < -0.3 is 14.5 Å². The summed E-state index contributed by atoms with van der Waals surface area (Å²) >= 11 is 0. The Bertz CT molecular complexity index is 1290. The van der Waals surface area contributed by atoms with Crippen LogP contribution in [0.4, 0.5) is 11.4 Å². The molecule has 4 aromatic rings. The van der Waals surface area contributed by atoms with Crippen LogP contribution < -0.4 is 15.5 Å². The molecule has 1 aromatic heterocycles. The summed E-state index contributed by atoms with van der Waals surface area (Å²) in [7, 11) is 1.55. The Kier molecular flexibility index (Phi) is 5.39. The van der Waals surface area contributed by atoms with Gasteiger partial charge in [0.25, 0.3) is 5.91 Å². The highest BCUT2D eigenvalue weighted by Crippen LogP contribution is 2.24. The molecule has 1 N–H and O–H groups in total. The number of carbonyl (C=O) groups is 1. The van der Waals surface area contributed by atoms with Crippen LogP contribution in [0.1, 0.15) is 15.9 Å². The van der Waals surface area contributed by atoms with Crippen molar-refractivity contribution in [1.29, 1.82) is 0 Å². The molecule has 0 aliphatic carbocycles. The normalized spacial score (nSPS) is 11.0. The van der Waals surface area contributed by atoms with Crippen LogP contribution in [0.25, 0.3) is 11.0 Å². The summed E-state index contributed by atoms with van der Waals surface area (Å²) in [5.41, 5.74) is 2.42. The second-order valence-corrected chi connectivity index (χ2v) is 6.48. The van der Waals surface area contributed by atoms with Gasteiger partial charge in [0.1, 0.15) is 17.6 Å². The third kappa shape index (κ3) is 3.98. The van der Waals surface area contributed by atoms with Crippen molar-refractivity contribution in [3.63, 3.8) is 0 Å². The SMILES string of the molecule is COc1ccccc1NC(=O)c1ccc(N=Cc2coc3ccccc3c2=O)cc1. The first kappa shape index (κ1) is 19.1. The van der Waals surface area contributed by atoms with Gasteiger partial charge in [-0.2, -0.15) is 0 Å². The van der Waals surface area contributed by atoms with Crippen LogP contribution >= 0.6 is 0 Å². The predicted octanol–water partition coefficient (Wildman–Crippen LogP) is 4.80. The first-order valence-corrected chi connectivity index (χ1v) is 9.25. The number of amides is 1. The van der Waals surface area contributed by atoms with Crippen LogP contribution in [0, 0.1) is 0 Å². The van der Waals surface area contributed by atoms with Gasteiger partial charge in [-0.05, 0) is 48.5 Å². The van der Waals surface area contributed by atoms with Crippen LogP contribution in [0.15, 0.2) is 93.3 Å². The Morgan fingerprint density at radius 2 is 1.73 bits per heavy atom. The molecule has 0 aliphatic heterocycles. The minimum absolute atomic E-state index is 0.145. The van der Waals surface area contributed by atoms with Gasteiger partial charge in [0.15, 0.2) is 0 Å². The van der Waals surface area contributed by atoms with Crippen LogP contribution in [0.3, 0.4) is 0 Å². The number of hydrogen-bond donors (Lipinski definition) is 1. The van der Waals surface area contributed by atoms with Gasteiger partial charge in [0.2, 0.25) is 5.43 Å². The number of aliphatic imine (C=N–C) groups is 1. The van der Waals surface area contributed by atoms with E-state index in [1.54, 1.807) is 61.7 Å². The lowest BCUT2D eigenvalue weighted by molar-refractivity contribution is 0.102. The lowest BCUT2D eigenvalue weighted by Crippen LogP contribution is -2.12. The van der Waals surface area contributed by atoms with E-state index in [2.05, 4.69) is 10.3 Å². The molecule has 1 heterocycles. The van der Waals surface area contributed by atoms with E-state index in [-0.39, 0.29) is 11.3 Å². The summed E-state index contributed by atoms with van der Waals surface area (Å²) in [4.78, 5) is 29.3. The number of rotatable bonds is 5. The van der Waals surface area contributed by atoms with Crippen molar-refractivity contribution >= 4 is 34.5 Å². The molecule has 0 aliphatic rings. The van der Waals surface area contributed by atoms with Crippen LogP contribution in [0.2, 0.25) is 0 Å². The summed E-state index contributed by atoms with van der Waals surface area (Å²) in [6, 6.07) is 21.0. The van der Waals surface area contributed by atoms with E-state index in [0.29, 0.717) is 39.2 Å². The molecule has 6 heteroatoms. The standard InChI is InChI=1S/C24H18N2O4/c1-29-22-9-5-3-7-20(22)26-24(28)16-10-12-18(13-11-16)25-14-17-15-30-21-8-4-2-6-19(21)23(17)27/h2-15H,1H3,(H,26,28). The zero-order valence-electron chi connectivity index (χ0n) is 16.2. The average molecular weight is 398 g/mol. The van der Waals surface area contributed by atoms with Gasteiger partial charge in [0, 0.05) is 11.8 Å². The third-order valence-corrected chi connectivity index (χ3v) is 4.54. The van der Waals surface area contributed by atoms with E-state index in [1.807, 2.05) is 18.2 Å². The molecular weight excluding hydrogens is 380 g/mol. The van der Waals surface area contributed by atoms with E-state index in [9.17, 15) is 9.59 Å². The van der Waals surface area contributed by atoms with Crippen molar-refractivity contribution in [1.82, 2.24) is 0 Å². The lowest BCUT2D eigenvalue weighted by atomic mass is 10.1. The molecule has 0 bridgehead atoms. The van der Waals surface area contributed by atoms with Crippen molar-refractivity contribution in [2.75, 3.05) is 12.4 Å². The Morgan fingerprint density at radius 1 is 1.00 bits per heavy atom. The van der Waals surface area contributed by atoms with Crippen molar-refractivity contribution in [2.24, 2.45) is 4.99 Å². The molecule has 4 rings (SSSR count). The average Bonchev–Trinajstić information content (AvgIpc) is 2.79. The maximum Gasteiger partial charge on any atom is 0.255 e. The molecule has 3 aromatic carbocycles. The number of nitrogens with one attached hydrogen (secondary N) is 1. The number of ether oxygens (including phenoxy) is 1. The molecule has 1 amide bonds. The first-order chi connectivity index (χ1) is 14.7. The van der Waals surface area contributed by atoms with E-state index < -0.39 is 0 Å². The first-order valence-electron chi connectivity index (χ1n) is 9.25. The molecule has 6 nitrogen and oxygen atoms in total. The maximum absolute atomic E-state index is 12.5. The minimum Gasteiger partial charge on any atom is -0.495 e. The highest BCUT2D eigenvalue weighted by Gasteiger charge is 2.09. The number of carbonyl (C=O) groups excluding carboxylic acids is 1. The third-order valence-electron chi connectivity index (χ3n) is 4.54. The number of anilines is 1. The van der Waals surface area contributed by atoms with E-state index >= 15 is 0 Å². The molecule has 0 fully saturated rings. The van der Waals surface area contributed by atoms with Crippen molar-refractivity contribution < 1.29 is 13.9 Å². The molecule has 0 unspecified atom stereocenters. The van der Waals surface area contributed by atoms with Gasteiger partial charge in [-0.15, -0.1) is 0 Å². The topological polar surface area (TPSA) is 80.9 Å². The lowest BCUT2D eigenvalue weighted by Gasteiger charge is -2.09. The fourth-order valence-corrected chi connectivity index (χ4v) is 2.97. The molecule has 0 radical (unpaired) electrons. The van der Waals surface area contributed by atoms with Crippen LogP contribution in [-0.4, -0.2) is 19.2 Å². The monoisotopic (exact) mass is 398 g/mol. The molecule has 148 valence electrons. The number of benzene rings is 3. The fourth-order valence-electron chi connectivity index (χ4n) is 2.97. The van der Waals surface area contributed by atoms with Gasteiger partial charge in [0.05, 0.1) is 29.4 Å². The quantitative estimate of drug-likeness (QED) is 0.490. The fraction of sp³-hybridized carbons (Fsp3) is 0.0417. The Balaban J connectivity index is 1.50. The van der Waals surface area contributed by atoms with Crippen LogP contribution in [0.5, 0.6) is 5.75 Å². The summed E-state index contributed by atoms with van der Waals surface area (Å²) in [5.74, 6) is 0.325. The summed E-state index contributed by atoms with van der Waals surface area (Å²) < 4.78 is 10.7. The van der Waals surface area contributed by atoms with Crippen LogP contribution in [-0.2, 0) is 0 Å². The van der Waals surface area contributed by atoms with Crippen molar-refractivity contribution in [3.05, 3.63) is 100 Å². The number of methoxy groups -OCH3 is 1. The van der Waals surface area contributed by atoms with Crippen molar-refractivity contribution in [3.8, 4) is 5.75 Å². The van der Waals surface area contributed by atoms with Gasteiger partial charge in [-0.3, -0.25) is 14.6 Å². The highest BCUT2D eigenvalue weighted by atomic mass is 16.5. The molecule has 0 spiro atoms. The largest absolute Gasteiger partial charge is 0.495 e. The smallest absolute Gasteiger partial charge is 0.255 e. The highest BCUT2D eigenvalue weighted by molar-refractivity contribution is 6.05. The number of fused-ring (bicyclic) bond motifs is 1. The molecular formula is C24H18N2O4. The molecule has 0 saturated carbocycles. The van der Waals surface area contributed by atoms with Crippen molar-refractivity contribution in [2.45, 2.75) is 0 Å². The summed E-state index contributed by atoms with van der Waals surface area (Å²) in [6.45, 7) is 0. The second-order valence-electron chi connectivity index (χ2n) is 6.48.